The number of carbonyl (C=O) groups is 3. The van der Waals surface area contributed by atoms with Crippen LogP contribution in [0.5, 0.6) is 5.75 Å². The van der Waals surface area contributed by atoms with Gasteiger partial charge in [0.2, 0.25) is 5.60 Å². The summed E-state index contributed by atoms with van der Waals surface area (Å²) in [6.07, 6.45) is -0.832. The Bertz CT molecular complexity index is 3830. The van der Waals surface area contributed by atoms with Crippen molar-refractivity contribution >= 4 is 51.7 Å². The highest BCUT2D eigenvalue weighted by Gasteiger charge is 2.55. The monoisotopic (exact) mass is 1150 g/mol. The molecule has 0 spiro atoms. The number of nitrogens with zero attached hydrogens (tertiary/aromatic N) is 4. The summed E-state index contributed by atoms with van der Waals surface area (Å²) in [5.74, 6) is -1.40. The molecule has 2 N–H and O–H groups in total. The van der Waals surface area contributed by atoms with E-state index in [-0.39, 0.29) is 29.5 Å². The maximum atomic E-state index is 15.6. The van der Waals surface area contributed by atoms with Crippen LogP contribution in [-0.2, 0) is 35.1 Å². The molecule has 12 nitrogen and oxygen atoms in total. The number of anilines is 1. The Morgan fingerprint density at radius 2 is 1.11 bits per heavy atom. The zero-order valence-corrected chi connectivity index (χ0v) is 47.3. The van der Waals surface area contributed by atoms with Crippen LogP contribution in [-0.4, -0.2) is 57.2 Å². The molecule has 0 bridgehead atoms. The van der Waals surface area contributed by atoms with Gasteiger partial charge in [0, 0.05) is 33.4 Å². The van der Waals surface area contributed by atoms with Gasteiger partial charge in [0.15, 0.2) is 16.9 Å². The van der Waals surface area contributed by atoms with Crippen LogP contribution in [0.4, 0.5) is 5.13 Å². The first-order chi connectivity index (χ1) is 41.8. The number of aromatic nitrogens is 1. The number of hydrogen-bond donors (Lipinski definition) is 2. The van der Waals surface area contributed by atoms with E-state index in [1.165, 1.54) is 28.0 Å². The first-order valence-electron chi connectivity index (χ1n) is 27.6. The first-order valence-corrected chi connectivity index (χ1v) is 29.5. The summed E-state index contributed by atoms with van der Waals surface area (Å²) in [6.45, 7) is -0.0956. The van der Waals surface area contributed by atoms with Crippen LogP contribution in [0, 0.1) is 11.3 Å². The van der Waals surface area contributed by atoms with Crippen molar-refractivity contribution in [2.24, 2.45) is 5.16 Å². The van der Waals surface area contributed by atoms with E-state index in [2.05, 4.69) is 53.1 Å². The Kier molecular flexibility index (Phi) is 16.3. The lowest BCUT2D eigenvalue weighted by molar-refractivity contribution is -0.154. The summed E-state index contributed by atoms with van der Waals surface area (Å²) in [6, 6.07) is 86.0. The number of nitrogens with one attached hydrogen (secondary N) is 2. The van der Waals surface area contributed by atoms with Gasteiger partial charge in [-0.05, 0) is 46.0 Å². The fraction of sp³-hybridized carbons (Fsp3) is 0.0986. The second-order valence-electron chi connectivity index (χ2n) is 20.2. The highest BCUT2D eigenvalue weighted by atomic mass is 32.2. The maximum absolute atomic E-state index is 15.6. The van der Waals surface area contributed by atoms with Gasteiger partial charge in [0.25, 0.3) is 11.8 Å². The average molecular weight is 1150 g/mol. The molecule has 10 aromatic rings. The van der Waals surface area contributed by atoms with Gasteiger partial charge in [-0.15, -0.1) is 23.1 Å². The molecule has 85 heavy (non-hydrogen) atoms. The molecular weight excluding hydrogens is 1100 g/mol. The third kappa shape index (κ3) is 11.2. The topological polar surface area (TPSA) is 155 Å². The Morgan fingerprint density at radius 1 is 0.635 bits per heavy atom. The van der Waals surface area contributed by atoms with Crippen molar-refractivity contribution in [3.05, 3.63) is 339 Å². The summed E-state index contributed by atoms with van der Waals surface area (Å²) in [5.41, 5.74) is 5.04. The number of rotatable bonds is 20. The molecule has 0 saturated carbocycles. The summed E-state index contributed by atoms with van der Waals surface area (Å²) in [5, 5.41) is 22.9. The van der Waals surface area contributed by atoms with Crippen LogP contribution in [0.1, 0.15) is 61.9 Å². The van der Waals surface area contributed by atoms with Crippen molar-refractivity contribution in [3.8, 4) is 11.8 Å². The molecule has 2 aliphatic rings. The van der Waals surface area contributed by atoms with E-state index in [0.717, 1.165) is 44.5 Å². The molecule has 14 heteroatoms. The zero-order valence-electron chi connectivity index (χ0n) is 45.7. The molecule has 2 atom stereocenters. The smallest absolute Gasteiger partial charge is 0.356 e. The van der Waals surface area contributed by atoms with Crippen molar-refractivity contribution < 1.29 is 28.7 Å². The van der Waals surface area contributed by atoms with Crippen LogP contribution in [0.3, 0.4) is 0 Å². The Labute approximate surface area is 500 Å². The quantitative estimate of drug-likeness (QED) is 0.0248. The Balaban J connectivity index is 0.934. The summed E-state index contributed by atoms with van der Waals surface area (Å²) in [7, 11) is 0. The third-order valence-corrected chi connectivity index (χ3v) is 17.1. The molecular formula is C71H54N6O6S2. The molecule has 3 heterocycles. The van der Waals surface area contributed by atoms with Crippen molar-refractivity contribution in [2.45, 2.75) is 28.7 Å². The van der Waals surface area contributed by atoms with Crippen LogP contribution in [0.2, 0.25) is 0 Å². The van der Waals surface area contributed by atoms with E-state index >= 15 is 14.4 Å². The van der Waals surface area contributed by atoms with Crippen molar-refractivity contribution in [1.82, 2.24) is 15.2 Å². The maximum Gasteiger partial charge on any atom is 0.356 e. The fourth-order valence-electron chi connectivity index (χ4n) is 10.9. The molecule has 0 aliphatic carbocycles. The molecule has 12 rings (SSSR count). The van der Waals surface area contributed by atoms with Crippen LogP contribution < -0.4 is 15.4 Å². The summed E-state index contributed by atoms with van der Waals surface area (Å²) in [4.78, 5) is 59.3. The number of β-lactam (4-membered cyclic amide) rings is 1. The molecule has 1 saturated heterocycles. The average Bonchev–Trinajstić information content (AvgIpc) is 1.64. The van der Waals surface area contributed by atoms with Crippen LogP contribution in [0.25, 0.3) is 0 Å². The van der Waals surface area contributed by atoms with Gasteiger partial charge in [-0.3, -0.25) is 14.5 Å². The number of thioether (sulfide) groups is 1. The molecule has 1 aromatic heterocycles. The largest absolute Gasteiger partial charge is 0.489 e. The van der Waals surface area contributed by atoms with E-state index in [1.807, 2.05) is 206 Å². The highest BCUT2D eigenvalue weighted by molar-refractivity contribution is 8.00. The minimum Gasteiger partial charge on any atom is -0.489 e. The molecule has 1 fully saturated rings. The minimum absolute atomic E-state index is 0.0112. The van der Waals surface area contributed by atoms with Gasteiger partial charge in [-0.2, -0.15) is 5.26 Å². The molecule has 1 unspecified atom stereocenters. The van der Waals surface area contributed by atoms with Crippen LogP contribution >= 0.6 is 23.1 Å². The van der Waals surface area contributed by atoms with E-state index in [1.54, 1.807) is 29.6 Å². The molecule has 2 amide bonds. The van der Waals surface area contributed by atoms with E-state index in [0.29, 0.717) is 22.0 Å². The highest BCUT2D eigenvalue weighted by Crippen LogP contribution is 2.45. The van der Waals surface area contributed by atoms with Crippen molar-refractivity contribution in [2.75, 3.05) is 17.7 Å². The number of oxime groups is 1. The molecule has 2 aliphatic heterocycles. The molecule has 0 radical (unpaired) electrons. The number of hydrogen-bond acceptors (Lipinski definition) is 12. The SMILES string of the molecule is N#Cc1cccc(OCC2=C(C(=O)OC(c3ccccc3)c3ccccc3)N3C(=O)C(NC(=O)/C(=N/OC(c4ccccc4)(c4ccccc4)c4ccccc4)c4csc(NC(c5ccccc5)(c5ccccc5)c5ccccc5)n4)[C@H]3SC2)c1. The van der Waals surface area contributed by atoms with Crippen LogP contribution in [0.15, 0.2) is 289 Å². The lowest BCUT2D eigenvalue weighted by Gasteiger charge is -2.49. The minimum atomic E-state index is -1.40. The fourth-order valence-corrected chi connectivity index (χ4v) is 13.0. The number of fused-ring (bicyclic) bond motifs is 1. The van der Waals surface area contributed by atoms with E-state index < -0.39 is 46.4 Å². The first kappa shape index (κ1) is 55.2. The van der Waals surface area contributed by atoms with E-state index in [9.17, 15) is 5.26 Å². The predicted molar refractivity (Wildman–Crippen MR) is 331 cm³/mol. The van der Waals surface area contributed by atoms with Gasteiger partial charge in [0.1, 0.15) is 40.7 Å². The lowest BCUT2D eigenvalue weighted by Crippen LogP contribution is -2.71. The summed E-state index contributed by atoms with van der Waals surface area (Å²) < 4.78 is 12.7. The Morgan fingerprint density at radius 3 is 1.59 bits per heavy atom. The predicted octanol–water partition coefficient (Wildman–Crippen LogP) is 13.2. The Hall–Kier alpha value is -10.3. The normalized spacial score (nSPS) is 15.0. The molecule has 9 aromatic carbocycles. The second-order valence-corrected chi connectivity index (χ2v) is 22.1. The van der Waals surface area contributed by atoms with Gasteiger partial charge in [-0.1, -0.05) is 254 Å². The summed E-state index contributed by atoms with van der Waals surface area (Å²) >= 11 is 2.66. The molecule has 416 valence electrons. The van der Waals surface area contributed by atoms with Crippen molar-refractivity contribution in [3.63, 3.8) is 0 Å². The van der Waals surface area contributed by atoms with E-state index in [4.69, 9.17) is 24.5 Å². The second kappa shape index (κ2) is 25.0. The zero-order chi connectivity index (χ0) is 58.0. The van der Waals surface area contributed by atoms with Gasteiger partial charge >= 0.3 is 5.97 Å². The number of amides is 2. The number of nitriles is 1. The number of esters is 1. The van der Waals surface area contributed by atoms with Gasteiger partial charge in [0.05, 0.1) is 11.6 Å². The number of benzene rings is 9. The van der Waals surface area contributed by atoms with Gasteiger partial charge < -0.3 is 24.9 Å². The van der Waals surface area contributed by atoms with Crippen molar-refractivity contribution in [1.29, 1.82) is 5.26 Å². The standard InChI is InChI=1S/C71H54N6O6S2/c72-45-49-26-25-43-59(44-49)81-46-52-47-84-67-62(66(79)77(67)63(52)68(80)82-64(50-27-9-1-10-28-50)51-29-11-2-12-30-51)74-65(78)61(76-83-71(56-37-19-6-20-38-56,57-39-21-7-22-40-57)58-41-23-8-24-42-58)60-48-85-69(73-60)75-70(53-31-13-3-14-32-53,54-33-15-4-16-34-54)55-35-17-5-18-36-55/h1-44,48,62,64,67H,46-47H2,(H,73,75)(H,74,78)/b76-61+/t62?,67-/m1/s1. The number of carbonyl (C=O) groups excluding carboxylic acids is 3. The number of ether oxygens (including phenoxy) is 2. The van der Waals surface area contributed by atoms with Gasteiger partial charge in [-0.25, -0.2) is 9.78 Å². The lowest BCUT2D eigenvalue weighted by atomic mass is 9.77. The number of thiazole rings is 1. The third-order valence-electron chi connectivity index (χ3n) is 15.0.